The Labute approximate surface area is 195 Å². The number of hydrogen-bond donors (Lipinski definition) is 1. The number of rotatable bonds is 12. The van der Waals surface area contributed by atoms with Gasteiger partial charge >= 0.3 is 0 Å². The Balaban J connectivity index is 1.97. The Kier molecular flexibility index (Phi) is 11.0. The molecule has 2 rings (SSSR count). The van der Waals surface area contributed by atoms with Gasteiger partial charge in [-0.2, -0.15) is 0 Å². The maximum Gasteiger partial charge on any atom is 0.242 e. The topological polar surface area (TPSA) is 49.4 Å². The molecule has 0 bridgehead atoms. The first-order chi connectivity index (χ1) is 14.9. The van der Waals surface area contributed by atoms with E-state index in [1.807, 2.05) is 56.3 Å². The number of benzene rings is 2. The minimum Gasteiger partial charge on any atom is -0.354 e. The highest BCUT2D eigenvalue weighted by molar-refractivity contribution is 7.99. The van der Waals surface area contributed by atoms with Gasteiger partial charge in [0.05, 0.1) is 0 Å². The zero-order valence-electron chi connectivity index (χ0n) is 18.7. The van der Waals surface area contributed by atoms with E-state index in [0.29, 0.717) is 19.5 Å². The molecule has 0 radical (unpaired) electrons. The monoisotopic (exact) mass is 460 g/mol. The average Bonchev–Trinajstić information content (AvgIpc) is 2.76. The Morgan fingerprint density at radius 3 is 2.55 bits per heavy atom. The van der Waals surface area contributed by atoms with Gasteiger partial charge in [-0.05, 0) is 62.3 Å². The van der Waals surface area contributed by atoms with Gasteiger partial charge in [-0.1, -0.05) is 54.8 Å². The summed E-state index contributed by atoms with van der Waals surface area (Å²) in [5.41, 5.74) is 2.18. The Hall–Kier alpha value is -1.98. The first kappa shape index (κ1) is 25.3. The van der Waals surface area contributed by atoms with Crippen LogP contribution in [-0.2, 0) is 16.1 Å². The van der Waals surface area contributed by atoms with Crippen LogP contribution in [0.15, 0.2) is 53.4 Å². The molecule has 2 amide bonds. The number of unbranched alkanes of at least 4 members (excludes halogenated alkanes) is 1. The fraction of sp³-hybridized carbons (Fsp3) is 0.440. The molecule has 2 aromatic carbocycles. The summed E-state index contributed by atoms with van der Waals surface area (Å²) in [6.45, 7) is 7.02. The third kappa shape index (κ3) is 8.96. The molecule has 0 saturated carbocycles. The summed E-state index contributed by atoms with van der Waals surface area (Å²) in [5, 5.41) is 3.68. The molecule has 0 fully saturated rings. The van der Waals surface area contributed by atoms with E-state index in [1.165, 1.54) is 0 Å². The van der Waals surface area contributed by atoms with Gasteiger partial charge in [0.1, 0.15) is 6.04 Å². The van der Waals surface area contributed by atoms with E-state index in [2.05, 4.69) is 18.3 Å². The molecule has 0 spiro atoms. The highest BCUT2D eigenvalue weighted by atomic mass is 35.5. The molecule has 0 saturated heterocycles. The second-order valence-electron chi connectivity index (χ2n) is 7.74. The van der Waals surface area contributed by atoms with Crippen molar-refractivity contribution in [3.63, 3.8) is 0 Å². The van der Waals surface area contributed by atoms with Crippen LogP contribution in [0.25, 0.3) is 0 Å². The summed E-state index contributed by atoms with van der Waals surface area (Å²) < 4.78 is 0. The quantitative estimate of drug-likeness (QED) is 0.319. The van der Waals surface area contributed by atoms with Crippen LogP contribution in [0.5, 0.6) is 0 Å². The van der Waals surface area contributed by atoms with Crippen LogP contribution in [0, 0.1) is 6.92 Å². The normalized spacial score (nSPS) is 11.7. The second kappa shape index (κ2) is 13.4. The van der Waals surface area contributed by atoms with Crippen LogP contribution in [-0.4, -0.2) is 35.1 Å². The van der Waals surface area contributed by atoms with Crippen molar-refractivity contribution in [2.45, 2.75) is 63.9 Å². The molecule has 0 aliphatic carbocycles. The van der Waals surface area contributed by atoms with Gasteiger partial charge in [0.15, 0.2) is 0 Å². The zero-order valence-corrected chi connectivity index (χ0v) is 20.3. The lowest BCUT2D eigenvalue weighted by Gasteiger charge is -2.29. The molecule has 168 valence electrons. The maximum atomic E-state index is 13.1. The standard InChI is InChI=1S/C25H33ClN2O2S/c1-4-5-15-27-25(30)20(3)28(18-21-9-6-8-19(2)17-21)24(29)10-7-16-31-23-13-11-22(26)12-14-23/h6,8-9,11-14,17,20H,4-5,7,10,15-16,18H2,1-3H3,(H,27,30)/t20-/m1/s1. The smallest absolute Gasteiger partial charge is 0.242 e. The fourth-order valence-corrected chi connectivity index (χ4v) is 4.19. The SMILES string of the molecule is CCCCNC(=O)[C@@H](C)N(Cc1cccc(C)c1)C(=O)CCCSc1ccc(Cl)cc1. The first-order valence-electron chi connectivity index (χ1n) is 10.9. The average molecular weight is 461 g/mol. The van der Waals surface area contributed by atoms with Crippen LogP contribution >= 0.6 is 23.4 Å². The third-order valence-corrected chi connectivity index (χ3v) is 6.40. The van der Waals surface area contributed by atoms with Crippen LogP contribution < -0.4 is 5.32 Å². The van der Waals surface area contributed by atoms with Crippen molar-refractivity contribution in [1.29, 1.82) is 0 Å². The zero-order chi connectivity index (χ0) is 22.6. The number of amides is 2. The van der Waals surface area contributed by atoms with Gasteiger partial charge in [-0.25, -0.2) is 0 Å². The lowest BCUT2D eigenvalue weighted by Crippen LogP contribution is -2.47. The molecule has 31 heavy (non-hydrogen) atoms. The van der Waals surface area contributed by atoms with E-state index in [9.17, 15) is 9.59 Å². The minimum atomic E-state index is -0.506. The van der Waals surface area contributed by atoms with Gasteiger partial charge in [-0.15, -0.1) is 11.8 Å². The van der Waals surface area contributed by atoms with E-state index in [0.717, 1.165) is 46.1 Å². The molecule has 1 atom stereocenters. The summed E-state index contributed by atoms with van der Waals surface area (Å²) in [5.74, 6) is 0.754. The van der Waals surface area contributed by atoms with E-state index in [4.69, 9.17) is 11.6 Å². The Bertz CT molecular complexity index is 842. The molecule has 1 N–H and O–H groups in total. The number of thioether (sulfide) groups is 1. The van der Waals surface area contributed by atoms with Crippen LogP contribution in [0.4, 0.5) is 0 Å². The number of nitrogens with zero attached hydrogens (tertiary/aromatic N) is 1. The summed E-state index contributed by atoms with van der Waals surface area (Å²) in [7, 11) is 0. The second-order valence-corrected chi connectivity index (χ2v) is 9.34. The third-order valence-electron chi connectivity index (χ3n) is 5.05. The van der Waals surface area contributed by atoms with Crippen molar-refractivity contribution in [2.24, 2.45) is 0 Å². The Morgan fingerprint density at radius 2 is 1.87 bits per heavy atom. The summed E-state index contributed by atoms with van der Waals surface area (Å²) in [4.78, 5) is 28.6. The van der Waals surface area contributed by atoms with Crippen LogP contribution in [0.1, 0.15) is 50.7 Å². The predicted octanol–water partition coefficient (Wildman–Crippen LogP) is 5.85. The summed E-state index contributed by atoms with van der Waals surface area (Å²) in [6, 6.07) is 15.3. The fourth-order valence-electron chi connectivity index (χ4n) is 3.21. The highest BCUT2D eigenvalue weighted by Crippen LogP contribution is 2.22. The van der Waals surface area contributed by atoms with Crippen molar-refractivity contribution < 1.29 is 9.59 Å². The van der Waals surface area contributed by atoms with E-state index in [1.54, 1.807) is 16.7 Å². The van der Waals surface area contributed by atoms with Crippen LogP contribution in [0.2, 0.25) is 5.02 Å². The lowest BCUT2D eigenvalue weighted by molar-refractivity contribution is -0.140. The molecule has 6 heteroatoms. The van der Waals surface area contributed by atoms with Gasteiger partial charge < -0.3 is 10.2 Å². The molecule has 2 aromatic rings. The highest BCUT2D eigenvalue weighted by Gasteiger charge is 2.25. The number of aryl methyl sites for hydroxylation is 1. The van der Waals surface area contributed by atoms with Crippen LogP contribution in [0.3, 0.4) is 0 Å². The van der Waals surface area contributed by atoms with Gasteiger partial charge in [0.25, 0.3) is 0 Å². The Morgan fingerprint density at radius 1 is 1.13 bits per heavy atom. The number of carbonyl (C=O) groups is 2. The van der Waals surface area contributed by atoms with E-state index >= 15 is 0 Å². The summed E-state index contributed by atoms with van der Waals surface area (Å²) in [6.07, 6.45) is 3.12. The number of nitrogens with one attached hydrogen (secondary N) is 1. The molecule has 0 aromatic heterocycles. The van der Waals surface area contributed by atoms with Crippen molar-refractivity contribution in [1.82, 2.24) is 10.2 Å². The van der Waals surface area contributed by atoms with Crippen molar-refractivity contribution >= 4 is 35.2 Å². The van der Waals surface area contributed by atoms with Gasteiger partial charge in [-0.3, -0.25) is 9.59 Å². The molecule has 0 aliphatic rings. The molecule has 0 unspecified atom stereocenters. The van der Waals surface area contributed by atoms with Gasteiger partial charge in [0, 0.05) is 29.4 Å². The summed E-state index contributed by atoms with van der Waals surface area (Å²) >= 11 is 7.64. The van der Waals surface area contributed by atoms with Crippen molar-refractivity contribution in [3.05, 3.63) is 64.7 Å². The number of carbonyl (C=O) groups excluding carboxylic acids is 2. The number of halogens is 1. The van der Waals surface area contributed by atoms with E-state index < -0.39 is 6.04 Å². The molecule has 0 aliphatic heterocycles. The van der Waals surface area contributed by atoms with Gasteiger partial charge in [0.2, 0.25) is 11.8 Å². The first-order valence-corrected chi connectivity index (χ1v) is 12.3. The molecular formula is C25H33ClN2O2S. The predicted molar refractivity (Wildman–Crippen MR) is 131 cm³/mol. The molecule has 0 heterocycles. The number of hydrogen-bond acceptors (Lipinski definition) is 3. The maximum absolute atomic E-state index is 13.1. The van der Waals surface area contributed by atoms with Crippen molar-refractivity contribution in [2.75, 3.05) is 12.3 Å². The van der Waals surface area contributed by atoms with E-state index in [-0.39, 0.29) is 11.8 Å². The lowest BCUT2D eigenvalue weighted by atomic mass is 10.1. The molecular weight excluding hydrogens is 428 g/mol. The minimum absolute atomic E-state index is 0.0105. The molecule has 4 nitrogen and oxygen atoms in total. The largest absolute Gasteiger partial charge is 0.354 e. The van der Waals surface area contributed by atoms with Crippen molar-refractivity contribution in [3.8, 4) is 0 Å².